The molecular formula is C11H13ClN2O3S. The van der Waals surface area contributed by atoms with E-state index in [-0.39, 0.29) is 6.03 Å². The third kappa shape index (κ3) is 2.94. The topological polar surface area (TPSA) is 69.6 Å². The minimum absolute atomic E-state index is 0.329. The predicted octanol–water partition coefficient (Wildman–Crippen LogP) is 2.16. The molecule has 0 bridgehead atoms. The number of hydrogen-bond acceptors (Lipinski definition) is 3. The van der Waals surface area contributed by atoms with Crippen LogP contribution in [0.5, 0.6) is 0 Å². The summed E-state index contributed by atoms with van der Waals surface area (Å²) in [4.78, 5) is 25.1. The number of rotatable bonds is 3. The number of likely N-dealkylation sites (tertiary alicyclic amines) is 1. The van der Waals surface area contributed by atoms with E-state index in [2.05, 4.69) is 5.32 Å². The number of carboxylic acids is 1. The standard InChI is InChI=1S/C11H13ClN2O3S/c12-9-4-3-7(18-9)6-13-11(17)14-5-1-2-8(14)10(15)16/h3-4,8H,1-2,5-6H2,(H,13,17)(H,15,16). The van der Waals surface area contributed by atoms with Crippen molar-refractivity contribution >= 4 is 34.9 Å². The lowest BCUT2D eigenvalue weighted by molar-refractivity contribution is -0.141. The minimum atomic E-state index is -0.943. The fourth-order valence-corrected chi connectivity index (χ4v) is 3.00. The molecule has 0 aromatic carbocycles. The zero-order chi connectivity index (χ0) is 13.1. The van der Waals surface area contributed by atoms with Gasteiger partial charge in [-0.1, -0.05) is 11.6 Å². The van der Waals surface area contributed by atoms with Gasteiger partial charge in [-0.25, -0.2) is 9.59 Å². The van der Waals surface area contributed by atoms with Gasteiger partial charge in [0.05, 0.1) is 10.9 Å². The molecule has 1 aromatic heterocycles. The van der Waals surface area contributed by atoms with Crippen molar-refractivity contribution in [3.63, 3.8) is 0 Å². The van der Waals surface area contributed by atoms with E-state index in [0.29, 0.717) is 23.8 Å². The maximum Gasteiger partial charge on any atom is 0.326 e. The molecule has 1 atom stereocenters. The molecule has 2 N–H and O–H groups in total. The number of carboxylic acid groups (broad SMARTS) is 1. The summed E-state index contributed by atoms with van der Waals surface area (Å²) in [5, 5.41) is 11.7. The smallest absolute Gasteiger partial charge is 0.326 e. The summed E-state index contributed by atoms with van der Waals surface area (Å²) >= 11 is 7.18. The van der Waals surface area contributed by atoms with E-state index >= 15 is 0 Å². The van der Waals surface area contributed by atoms with Gasteiger partial charge in [0, 0.05) is 11.4 Å². The number of urea groups is 1. The van der Waals surface area contributed by atoms with E-state index in [4.69, 9.17) is 16.7 Å². The molecule has 2 amide bonds. The Balaban J connectivity index is 1.89. The molecule has 2 rings (SSSR count). The van der Waals surface area contributed by atoms with E-state index in [0.717, 1.165) is 11.3 Å². The van der Waals surface area contributed by atoms with E-state index < -0.39 is 12.0 Å². The van der Waals surface area contributed by atoms with Crippen molar-refractivity contribution in [3.8, 4) is 0 Å². The van der Waals surface area contributed by atoms with Gasteiger partial charge in [-0.2, -0.15) is 0 Å². The Labute approximate surface area is 113 Å². The zero-order valence-corrected chi connectivity index (χ0v) is 11.1. The zero-order valence-electron chi connectivity index (χ0n) is 9.56. The van der Waals surface area contributed by atoms with E-state index in [1.54, 1.807) is 6.07 Å². The second-order valence-electron chi connectivity index (χ2n) is 4.05. The van der Waals surface area contributed by atoms with Crippen LogP contribution in [-0.2, 0) is 11.3 Å². The minimum Gasteiger partial charge on any atom is -0.480 e. The number of carbonyl (C=O) groups excluding carboxylic acids is 1. The molecule has 1 unspecified atom stereocenters. The average Bonchev–Trinajstić information content (AvgIpc) is 2.94. The number of hydrogen-bond donors (Lipinski definition) is 2. The molecule has 7 heteroatoms. The largest absolute Gasteiger partial charge is 0.480 e. The van der Waals surface area contributed by atoms with Crippen LogP contribution in [0.25, 0.3) is 0 Å². The Morgan fingerprint density at radius 1 is 1.56 bits per heavy atom. The van der Waals surface area contributed by atoms with Gasteiger partial charge in [0.15, 0.2) is 0 Å². The van der Waals surface area contributed by atoms with Crippen LogP contribution in [0.2, 0.25) is 4.34 Å². The van der Waals surface area contributed by atoms with Crippen molar-refractivity contribution in [1.29, 1.82) is 0 Å². The lowest BCUT2D eigenvalue weighted by Gasteiger charge is -2.21. The summed E-state index contributed by atoms with van der Waals surface area (Å²) in [7, 11) is 0. The first-order valence-electron chi connectivity index (χ1n) is 5.59. The van der Waals surface area contributed by atoms with Crippen LogP contribution in [0.1, 0.15) is 17.7 Å². The molecule has 18 heavy (non-hydrogen) atoms. The Morgan fingerprint density at radius 2 is 2.33 bits per heavy atom. The molecule has 0 radical (unpaired) electrons. The number of thiophene rings is 1. The van der Waals surface area contributed by atoms with Gasteiger partial charge in [-0.15, -0.1) is 11.3 Å². The van der Waals surface area contributed by atoms with E-state index in [1.165, 1.54) is 16.2 Å². The molecule has 1 aliphatic rings. The highest BCUT2D eigenvalue weighted by Crippen LogP contribution is 2.21. The van der Waals surface area contributed by atoms with Gasteiger partial charge in [-0.3, -0.25) is 0 Å². The number of carbonyl (C=O) groups is 2. The lowest BCUT2D eigenvalue weighted by atomic mass is 10.2. The first-order valence-corrected chi connectivity index (χ1v) is 6.79. The Morgan fingerprint density at radius 3 is 2.94 bits per heavy atom. The second-order valence-corrected chi connectivity index (χ2v) is 5.85. The summed E-state index contributed by atoms with van der Waals surface area (Å²) in [5.41, 5.74) is 0. The Hall–Kier alpha value is -1.27. The van der Waals surface area contributed by atoms with Crippen molar-refractivity contribution in [1.82, 2.24) is 10.2 Å². The van der Waals surface area contributed by atoms with Gasteiger partial charge >= 0.3 is 12.0 Å². The number of nitrogens with one attached hydrogen (secondary N) is 1. The van der Waals surface area contributed by atoms with Crippen molar-refractivity contribution in [3.05, 3.63) is 21.3 Å². The highest BCUT2D eigenvalue weighted by atomic mass is 35.5. The van der Waals surface area contributed by atoms with Crippen LogP contribution in [0.4, 0.5) is 4.79 Å². The third-order valence-corrected chi connectivity index (χ3v) is 4.07. The highest BCUT2D eigenvalue weighted by Gasteiger charge is 2.33. The van der Waals surface area contributed by atoms with Crippen molar-refractivity contribution in [2.45, 2.75) is 25.4 Å². The maximum atomic E-state index is 11.9. The second kappa shape index (κ2) is 5.58. The molecule has 1 aliphatic heterocycles. The number of nitrogens with zero attached hydrogens (tertiary/aromatic N) is 1. The molecule has 0 spiro atoms. The number of amides is 2. The molecule has 0 aliphatic carbocycles. The summed E-state index contributed by atoms with van der Waals surface area (Å²) in [5.74, 6) is -0.943. The van der Waals surface area contributed by atoms with Crippen molar-refractivity contribution in [2.75, 3.05) is 6.54 Å². The van der Waals surface area contributed by atoms with E-state index in [9.17, 15) is 9.59 Å². The quantitative estimate of drug-likeness (QED) is 0.895. The van der Waals surface area contributed by atoms with Crippen molar-refractivity contribution in [2.24, 2.45) is 0 Å². The van der Waals surface area contributed by atoms with Crippen LogP contribution in [0.3, 0.4) is 0 Å². The highest BCUT2D eigenvalue weighted by molar-refractivity contribution is 7.16. The molecule has 98 valence electrons. The van der Waals surface area contributed by atoms with Crippen LogP contribution in [0, 0.1) is 0 Å². The predicted molar refractivity (Wildman–Crippen MR) is 68.9 cm³/mol. The normalized spacial score (nSPS) is 18.9. The molecular weight excluding hydrogens is 276 g/mol. The van der Waals surface area contributed by atoms with Crippen LogP contribution in [-0.4, -0.2) is 34.6 Å². The Kier molecular flexibility index (Phi) is 4.08. The Bertz CT molecular complexity index is 463. The summed E-state index contributed by atoms with van der Waals surface area (Å²) in [6.07, 6.45) is 1.25. The average molecular weight is 289 g/mol. The monoisotopic (exact) mass is 288 g/mol. The summed E-state index contributed by atoms with van der Waals surface area (Å²) in [6.45, 7) is 0.868. The third-order valence-electron chi connectivity index (χ3n) is 2.84. The van der Waals surface area contributed by atoms with Crippen LogP contribution >= 0.6 is 22.9 Å². The van der Waals surface area contributed by atoms with Gasteiger partial charge in [0.1, 0.15) is 6.04 Å². The molecule has 2 heterocycles. The van der Waals surface area contributed by atoms with Gasteiger partial charge in [0.25, 0.3) is 0 Å². The fraction of sp³-hybridized carbons (Fsp3) is 0.455. The van der Waals surface area contributed by atoms with Gasteiger partial charge in [0.2, 0.25) is 0 Å². The fourth-order valence-electron chi connectivity index (χ4n) is 1.98. The molecule has 1 saturated heterocycles. The number of aliphatic carboxylic acids is 1. The first kappa shape index (κ1) is 13.2. The molecule has 1 fully saturated rings. The molecule has 1 aromatic rings. The summed E-state index contributed by atoms with van der Waals surface area (Å²) in [6, 6.07) is 2.58. The molecule has 5 nitrogen and oxygen atoms in total. The van der Waals surface area contributed by atoms with Crippen molar-refractivity contribution < 1.29 is 14.7 Å². The van der Waals surface area contributed by atoms with Gasteiger partial charge < -0.3 is 15.3 Å². The molecule has 0 saturated carbocycles. The first-order chi connectivity index (χ1) is 8.58. The van der Waals surface area contributed by atoms with Gasteiger partial charge in [-0.05, 0) is 25.0 Å². The maximum absolute atomic E-state index is 11.9. The van der Waals surface area contributed by atoms with Crippen LogP contribution in [0.15, 0.2) is 12.1 Å². The summed E-state index contributed by atoms with van der Waals surface area (Å²) < 4.78 is 0.670. The van der Waals surface area contributed by atoms with Crippen LogP contribution < -0.4 is 5.32 Å². The van der Waals surface area contributed by atoms with E-state index in [1.807, 2.05) is 6.07 Å². The lowest BCUT2D eigenvalue weighted by Crippen LogP contribution is -2.45. The SMILES string of the molecule is O=C(O)C1CCCN1C(=O)NCc1ccc(Cl)s1. The number of halogens is 1.